The number of ether oxygens (including phenoxy) is 1. The van der Waals surface area contributed by atoms with Gasteiger partial charge in [-0.05, 0) is 0 Å². The third kappa shape index (κ3) is 4.40. The third-order valence-electron chi connectivity index (χ3n) is 4.14. The zero-order valence-corrected chi connectivity index (χ0v) is 17.6. The summed E-state index contributed by atoms with van der Waals surface area (Å²) in [7, 11) is 0. The fraction of sp³-hybridized carbons (Fsp3) is 0.526. The van der Waals surface area contributed by atoms with Gasteiger partial charge in [-0.1, -0.05) is 0 Å². The van der Waals surface area contributed by atoms with Crippen LogP contribution in [0.1, 0.15) is 44.9 Å². The molecule has 3 rings (SSSR count). The Morgan fingerprint density at radius 1 is 1.32 bits per heavy atom. The molecule has 0 radical (unpaired) electrons. The maximum absolute atomic E-state index is 12.6. The first-order valence-corrected chi connectivity index (χ1v) is 12.7. The van der Waals surface area contributed by atoms with Gasteiger partial charge in [0.05, 0.1) is 0 Å². The van der Waals surface area contributed by atoms with Gasteiger partial charge in [0.25, 0.3) is 0 Å². The minimum atomic E-state index is -1.61. The third-order valence-corrected chi connectivity index (χ3v) is 10.4. The van der Waals surface area contributed by atoms with Crippen LogP contribution in [0.2, 0.25) is 0 Å². The molecule has 138 valence electrons. The molecule has 1 aromatic heterocycles. The van der Waals surface area contributed by atoms with E-state index >= 15 is 0 Å². The van der Waals surface area contributed by atoms with Crippen LogP contribution in [-0.2, 0) is 9.16 Å². The summed E-state index contributed by atoms with van der Waals surface area (Å²) in [6.07, 6.45) is 2.17. The molecule has 1 aliphatic rings. The first kappa shape index (κ1) is 18.4. The average Bonchev–Trinajstić information content (AvgIpc) is 2.88. The Labute approximate surface area is 157 Å². The van der Waals surface area contributed by atoms with Gasteiger partial charge in [-0.3, -0.25) is 0 Å². The number of anilines is 1. The number of benzene rings is 1. The molecular formula is C19H28IN3O2. The number of hydrogen-bond donors (Lipinski definition) is 2. The van der Waals surface area contributed by atoms with Gasteiger partial charge in [0.15, 0.2) is 0 Å². The number of nitrogen functional groups attached to an aromatic ring is 1. The van der Waals surface area contributed by atoms with Gasteiger partial charge in [0.1, 0.15) is 0 Å². The molecule has 2 heterocycles. The van der Waals surface area contributed by atoms with E-state index in [2.05, 4.69) is 21.1 Å². The molecule has 0 saturated carbocycles. The number of H-pyrrole nitrogens is 1. The summed E-state index contributed by atoms with van der Waals surface area (Å²) in [5.41, 5.74) is 9.85. The van der Waals surface area contributed by atoms with Crippen molar-refractivity contribution in [2.24, 2.45) is 0 Å². The number of amides is 1. The monoisotopic (exact) mass is 457 g/mol. The van der Waals surface area contributed by atoms with Crippen LogP contribution in [0.4, 0.5) is 10.5 Å². The Hall–Kier alpha value is -1.44. The van der Waals surface area contributed by atoms with Gasteiger partial charge < -0.3 is 0 Å². The van der Waals surface area contributed by atoms with Gasteiger partial charge >= 0.3 is 157 Å². The molecule has 0 spiro atoms. The predicted molar refractivity (Wildman–Crippen MR) is 112 cm³/mol. The van der Waals surface area contributed by atoms with Crippen LogP contribution in [0.25, 0.3) is 10.9 Å². The van der Waals surface area contributed by atoms with Crippen LogP contribution in [0.3, 0.4) is 0 Å². The average molecular weight is 457 g/mol. The van der Waals surface area contributed by atoms with E-state index in [-0.39, 0.29) is 6.09 Å². The number of carbonyl (C=O) groups is 1. The van der Waals surface area contributed by atoms with Crippen LogP contribution in [0, 0.1) is 6.92 Å². The van der Waals surface area contributed by atoms with Crippen LogP contribution in [0.5, 0.6) is 0 Å². The summed E-state index contributed by atoms with van der Waals surface area (Å²) in [6, 6.07) is 6.20. The summed E-state index contributed by atoms with van der Waals surface area (Å²) in [5.74, 6) is 0. The maximum atomic E-state index is 12.6. The Morgan fingerprint density at radius 2 is 2.08 bits per heavy atom. The quantitative estimate of drug-likeness (QED) is 0.288. The molecule has 3 N–H and O–H groups in total. The molecule has 1 saturated heterocycles. The number of carbonyl (C=O) groups excluding carboxylic acids is 1. The van der Waals surface area contributed by atoms with Crippen molar-refractivity contribution in [1.82, 2.24) is 8.10 Å². The van der Waals surface area contributed by atoms with Crippen molar-refractivity contribution >= 4 is 42.8 Å². The number of nitrogens with two attached hydrogens (primary N) is 1. The standard InChI is InChI=1S/C19H28IN3O2/c1-13-9-15(21)10-14-11-16(22-17(13)14)12-20-7-5-6-8-23(20)18(24)25-19(2,3)4/h9-11,22H,5-8,12,21H2,1-4H3. The van der Waals surface area contributed by atoms with E-state index in [9.17, 15) is 4.79 Å². The number of fused-ring (bicyclic) bond motifs is 1. The van der Waals surface area contributed by atoms with Crippen molar-refractivity contribution in [3.63, 3.8) is 0 Å². The van der Waals surface area contributed by atoms with E-state index in [1.807, 2.05) is 32.9 Å². The molecule has 1 amide bonds. The Bertz CT molecular complexity index is 779. The normalized spacial score (nSPS) is 17.1. The van der Waals surface area contributed by atoms with Gasteiger partial charge in [-0.2, -0.15) is 0 Å². The number of alkyl halides is 2. The summed E-state index contributed by atoms with van der Waals surface area (Å²) < 4.78 is 9.83. The number of aromatic nitrogens is 1. The Kier molecular flexibility index (Phi) is 5.18. The van der Waals surface area contributed by atoms with E-state index in [0.29, 0.717) is 0 Å². The van der Waals surface area contributed by atoms with Gasteiger partial charge in [-0.25, -0.2) is 0 Å². The van der Waals surface area contributed by atoms with E-state index in [4.69, 9.17) is 10.5 Å². The number of aryl methyl sites for hydroxylation is 1. The SMILES string of the molecule is Cc1cc(N)cc2cc(CI3CCCCN3C(=O)OC(C)(C)C)[nH]c12. The molecule has 0 atom stereocenters. The number of rotatable bonds is 2. The fourth-order valence-electron chi connectivity index (χ4n) is 3.11. The Balaban J connectivity index is 1.80. The van der Waals surface area contributed by atoms with E-state index in [1.54, 1.807) is 0 Å². The van der Waals surface area contributed by atoms with Crippen LogP contribution in [0.15, 0.2) is 18.2 Å². The number of nitrogens with zero attached hydrogens (tertiary/aromatic N) is 1. The topological polar surface area (TPSA) is 71.3 Å². The molecule has 1 fully saturated rings. The second-order valence-corrected chi connectivity index (χ2v) is 13.1. The number of halogens is 1. The summed E-state index contributed by atoms with van der Waals surface area (Å²) >= 11 is -1.61. The number of hydrogen-bond acceptors (Lipinski definition) is 3. The second kappa shape index (κ2) is 7.05. The van der Waals surface area contributed by atoms with Crippen molar-refractivity contribution in [2.75, 3.05) is 16.7 Å². The van der Waals surface area contributed by atoms with Crippen molar-refractivity contribution in [3.05, 3.63) is 29.5 Å². The fourth-order valence-corrected chi connectivity index (χ4v) is 8.94. The van der Waals surface area contributed by atoms with E-state index < -0.39 is 25.7 Å². The van der Waals surface area contributed by atoms with Crippen LogP contribution >= 0.6 is 20.1 Å². The molecule has 2 aromatic rings. The first-order chi connectivity index (χ1) is 11.7. The van der Waals surface area contributed by atoms with E-state index in [0.717, 1.165) is 39.5 Å². The van der Waals surface area contributed by atoms with Crippen LogP contribution < -0.4 is 5.73 Å². The summed E-state index contributed by atoms with van der Waals surface area (Å²) in [5, 5.41) is 1.16. The summed E-state index contributed by atoms with van der Waals surface area (Å²) in [6.45, 7) is 8.70. The zero-order chi connectivity index (χ0) is 18.2. The zero-order valence-electron chi connectivity index (χ0n) is 15.5. The van der Waals surface area contributed by atoms with Gasteiger partial charge in [0, 0.05) is 0 Å². The van der Waals surface area contributed by atoms with Crippen molar-refractivity contribution in [1.29, 1.82) is 0 Å². The molecule has 1 aromatic carbocycles. The molecule has 0 unspecified atom stereocenters. The van der Waals surface area contributed by atoms with Crippen molar-refractivity contribution in [2.45, 2.75) is 50.6 Å². The molecular weight excluding hydrogens is 429 g/mol. The van der Waals surface area contributed by atoms with Crippen molar-refractivity contribution < 1.29 is 9.53 Å². The van der Waals surface area contributed by atoms with Crippen LogP contribution in [-0.4, -0.2) is 30.8 Å². The second-order valence-electron chi connectivity index (χ2n) is 7.62. The van der Waals surface area contributed by atoms with Crippen molar-refractivity contribution in [3.8, 4) is 0 Å². The molecule has 25 heavy (non-hydrogen) atoms. The molecule has 6 heteroatoms. The van der Waals surface area contributed by atoms with Gasteiger partial charge in [-0.15, -0.1) is 0 Å². The minimum absolute atomic E-state index is 0.131. The van der Waals surface area contributed by atoms with E-state index in [1.165, 1.54) is 16.5 Å². The number of nitrogens with one attached hydrogen (secondary N) is 1. The predicted octanol–water partition coefficient (Wildman–Crippen LogP) is 5.01. The molecule has 0 bridgehead atoms. The Morgan fingerprint density at radius 3 is 2.80 bits per heavy atom. The number of aromatic amines is 1. The van der Waals surface area contributed by atoms with Gasteiger partial charge in [0.2, 0.25) is 0 Å². The summed E-state index contributed by atoms with van der Waals surface area (Å²) in [4.78, 5) is 16.2. The molecule has 0 aliphatic carbocycles. The molecule has 5 nitrogen and oxygen atoms in total. The molecule has 1 aliphatic heterocycles. The first-order valence-electron chi connectivity index (χ1n) is 8.73.